The van der Waals surface area contributed by atoms with Gasteiger partial charge in [-0.2, -0.15) is 5.26 Å². The quantitative estimate of drug-likeness (QED) is 0.746. The van der Waals surface area contributed by atoms with Gasteiger partial charge in [-0.25, -0.2) is 0 Å². The molecule has 0 radical (unpaired) electrons. The fraction of sp³-hybridized carbons (Fsp3) is 0.818. The summed E-state index contributed by atoms with van der Waals surface area (Å²) < 4.78 is 0. The summed E-state index contributed by atoms with van der Waals surface area (Å²) in [5.74, 6) is 0.308. The molecule has 4 nitrogen and oxygen atoms in total. The Balaban J connectivity index is 2.51. The highest BCUT2D eigenvalue weighted by atomic mass is 16.1. The SMILES string of the molecule is CN1CCC(C(C)(C)NC(=O)CC#N)C1. The fourth-order valence-electron chi connectivity index (χ4n) is 2.10. The van der Waals surface area contributed by atoms with Gasteiger partial charge in [-0.1, -0.05) is 0 Å². The Morgan fingerprint density at radius 3 is 2.80 bits per heavy atom. The Hall–Kier alpha value is -1.08. The largest absolute Gasteiger partial charge is 0.350 e. The molecule has 1 rings (SSSR count). The van der Waals surface area contributed by atoms with Crippen LogP contribution < -0.4 is 5.32 Å². The van der Waals surface area contributed by atoms with Crippen molar-refractivity contribution in [1.82, 2.24) is 10.2 Å². The lowest BCUT2D eigenvalue weighted by Crippen LogP contribution is -2.49. The number of hydrogen-bond acceptors (Lipinski definition) is 3. The average molecular weight is 209 g/mol. The summed E-state index contributed by atoms with van der Waals surface area (Å²) in [5, 5.41) is 11.4. The molecule has 0 aromatic rings. The molecule has 0 aromatic heterocycles. The molecule has 1 unspecified atom stereocenters. The first-order chi connectivity index (χ1) is 6.95. The normalized spacial score (nSPS) is 22.4. The standard InChI is InChI=1S/C11H19N3O/c1-11(2,13-10(15)4-6-12)9-5-7-14(3)8-9/h9H,4-5,7-8H2,1-3H3,(H,13,15). The van der Waals surface area contributed by atoms with Crippen LogP contribution in [0.1, 0.15) is 26.7 Å². The van der Waals surface area contributed by atoms with E-state index >= 15 is 0 Å². The van der Waals surface area contributed by atoms with Gasteiger partial charge in [0.05, 0.1) is 6.07 Å². The number of carbonyl (C=O) groups is 1. The summed E-state index contributed by atoms with van der Waals surface area (Å²) in [4.78, 5) is 13.6. The highest BCUT2D eigenvalue weighted by Gasteiger charge is 2.34. The van der Waals surface area contributed by atoms with E-state index in [0.29, 0.717) is 5.92 Å². The zero-order valence-electron chi connectivity index (χ0n) is 9.71. The molecule has 4 heteroatoms. The Morgan fingerprint density at radius 1 is 1.67 bits per heavy atom. The number of likely N-dealkylation sites (tertiary alicyclic amines) is 1. The number of nitrogens with one attached hydrogen (secondary N) is 1. The maximum atomic E-state index is 11.3. The van der Waals surface area contributed by atoms with Gasteiger partial charge >= 0.3 is 0 Å². The highest BCUT2D eigenvalue weighted by molar-refractivity contribution is 5.78. The van der Waals surface area contributed by atoms with Crippen molar-refractivity contribution >= 4 is 5.91 Å². The number of nitriles is 1. The van der Waals surface area contributed by atoms with E-state index in [4.69, 9.17) is 5.26 Å². The summed E-state index contributed by atoms with van der Waals surface area (Å²) in [5.41, 5.74) is -0.210. The third-order valence-corrected chi connectivity index (χ3v) is 3.11. The van der Waals surface area contributed by atoms with Crippen molar-refractivity contribution in [3.8, 4) is 6.07 Å². The Kier molecular flexibility index (Phi) is 3.70. The topological polar surface area (TPSA) is 56.1 Å². The zero-order chi connectivity index (χ0) is 11.5. The monoisotopic (exact) mass is 209 g/mol. The second-order valence-corrected chi connectivity index (χ2v) is 4.85. The molecule has 1 atom stereocenters. The zero-order valence-corrected chi connectivity index (χ0v) is 9.71. The van der Waals surface area contributed by atoms with Crippen LogP contribution in [-0.4, -0.2) is 36.5 Å². The van der Waals surface area contributed by atoms with E-state index in [1.807, 2.05) is 19.9 Å². The molecule has 0 bridgehead atoms. The summed E-state index contributed by atoms with van der Waals surface area (Å²) in [6, 6.07) is 1.87. The van der Waals surface area contributed by atoms with Crippen LogP contribution in [0.4, 0.5) is 0 Å². The molecule has 1 N–H and O–H groups in total. The van der Waals surface area contributed by atoms with Crippen molar-refractivity contribution in [2.45, 2.75) is 32.2 Å². The molecule has 1 fully saturated rings. The number of hydrogen-bond donors (Lipinski definition) is 1. The van der Waals surface area contributed by atoms with Crippen molar-refractivity contribution in [3.05, 3.63) is 0 Å². The van der Waals surface area contributed by atoms with Gasteiger partial charge < -0.3 is 10.2 Å². The molecule has 1 aliphatic rings. The summed E-state index contributed by atoms with van der Waals surface area (Å²) in [6.07, 6.45) is 1.06. The average Bonchev–Trinajstić information content (AvgIpc) is 2.51. The minimum absolute atomic E-state index is 0.0496. The van der Waals surface area contributed by atoms with E-state index in [9.17, 15) is 4.79 Å². The maximum Gasteiger partial charge on any atom is 0.234 e. The van der Waals surface area contributed by atoms with Crippen molar-refractivity contribution in [3.63, 3.8) is 0 Å². The molecule has 0 aliphatic carbocycles. The van der Waals surface area contributed by atoms with Gasteiger partial charge in [-0.05, 0) is 39.8 Å². The van der Waals surface area contributed by atoms with E-state index in [2.05, 4.69) is 17.3 Å². The molecule has 1 amide bonds. The van der Waals surface area contributed by atoms with Crippen LogP contribution >= 0.6 is 0 Å². The molecule has 1 saturated heterocycles. The van der Waals surface area contributed by atoms with Gasteiger partial charge in [0.15, 0.2) is 0 Å². The first kappa shape index (κ1) is 12.0. The van der Waals surface area contributed by atoms with Crippen molar-refractivity contribution in [2.75, 3.05) is 20.1 Å². The minimum atomic E-state index is -0.210. The Bertz CT molecular complexity index is 280. The van der Waals surface area contributed by atoms with Gasteiger partial charge in [-0.15, -0.1) is 0 Å². The van der Waals surface area contributed by atoms with Crippen molar-refractivity contribution in [1.29, 1.82) is 5.26 Å². The van der Waals surface area contributed by atoms with Crippen molar-refractivity contribution < 1.29 is 4.79 Å². The van der Waals surface area contributed by atoms with Crippen LogP contribution in [0.2, 0.25) is 0 Å². The van der Waals surface area contributed by atoms with E-state index < -0.39 is 0 Å². The number of nitrogens with zero attached hydrogens (tertiary/aromatic N) is 2. The number of carbonyl (C=O) groups excluding carboxylic acids is 1. The molecule has 0 saturated carbocycles. The van der Waals surface area contributed by atoms with Crippen LogP contribution in [0.5, 0.6) is 0 Å². The molecule has 0 spiro atoms. The number of rotatable bonds is 3. The lowest BCUT2D eigenvalue weighted by Gasteiger charge is -2.32. The molecular weight excluding hydrogens is 190 g/mol. The van der Waals surface area contributed by atoms with Gasteiger partial charge in [-0.3, -0.25) is 4.79 Å². The molecular formula is C11H19N3O. The first-order valence-electron chi connectivity index (χ1n) is 5.32. The van der Waals surface area contributed by atoms with Crippen LogP contribution in [0.25, 0.3) is 0 Å². The van der Waals surface area contributed by atoms with Crippen LogP contribution in [0.3, 0.4) is 0 Å². The number of amides is 1. The van der Waals surface area contributed by atoms with Gasteiger partial charge in [0, 0.05) is 12.1 Å². The fourth-order valence-corrected chi connectivity index (χ4v) is 2.10. The van der Waals surface area contributed by atoms with E-state index in [-0.39, 0.29) is 17.9 Å². The lowest BCUT2D eigenvalue weighted by atomic mass is 9.86. The van der Waals surface area contributed by atoms with E-state index in [1.165, 1.54) is 0 Å². The summed E-state index contributed by atoms with van der Waals surface area (Å²) >= 11 is 0. The summed E-state index contributed by atoms with van der Waals surface area (Å²) in [7, 11) is 2.09. The van der Waals surface area contributed by atoms with E-state index in [0.717, 1.165) is 19.5 Å². The third-order valence-electron chi connectivity index (χ3n) is 3.11. The highest BCUT2D eigenvalue weighted by Crippen LogP contribution is 2.26. The van der Waals surface area contributed by atoms with E-state index in [1.54, 1.807) is 0 Å². The maximum absolute atomic E-state index is 11.3. The Labute approximate surface area is 91.2 Å². The molecule has 15 heavy (non-hydrogen) atoms. The van der Waals surface area contributed by atoms with Crippen LogP contribution in [0, 0.1) is 17.2 Å². The Morgan fingerprint density at radius 2 is 2.33 bits per heavy atom. The molecule has 1 heterocycles. The van der Waals surface area contributed by atoms with Crippen molar-refractivity contribution in [2.24, 2.45) is 5.92 Å². The molecule has 1 aliphatic heterocycles. The van der Waals surface area contributed by atoms with Gasteiger partial charge in [0.1, 0.15) is 6.42 Å². The lowest BCUT2D eigenvalue weighted by molar-refractivity contribution is -0.122. The van der Waals surface area contributed by atoms with Gasteiger partial charge in [0.25, 0.3) is 0 Å². The second kappa shape index (κ2) is 4.63. The molecule has 0 aromatic carbocycles. The van der Waals surface area contributed by atoms with Gasteiger partial charge in [0.2, 0.25) is 5.91 Å². The van der Waals surface area contributed by atoms with Crippen LogP contribution in [0.15, 0.2) is 0 Å². The predicted octanol–water partition coefficient (Wildman–Crippen LogP) is 0.747. The minimum Gasteiger partial charge on any atom is -0.350 e. The third kappa shape index (κ3) is 3.21. The predicted molar refractivity (Wildman–Crippen MR) is 58.1 cm³/mol. The molecule has 84 valence electrons. The second-order valence-electron chi connectivity index (χ2n) is 4.85. The van der Waals surface area contributed by atoms with Crippen LogP contribution in [-0.2, 0) is 4.79 Å². The first-order valence-corrected chi connectivity index (χ1v) is 5.32. The summed E-state index contributed by atoms with van der Waals surface area (Å²) in [6.45, 7) is 6.17. The smallest absolute Gasteiger partial charge is 0.234 e.